The lowest BCUT2D eigenvalue weighted by molar-refractivity contribution is -0.177. The molecule has 0 bridgehead atoms. The molecule has 1 amide bonds. The van der Waals surface area contributed by atoms with Crippen LogP contribution in [0, 0.1) is 11.8 Å². The summed E-state index contributed by atoms with van der Waals surface area (Å²) < 4.78 is 41.9. The molecule has 1 saturated heterocycles. The lowest BCUT2D eigenvalue weighted by Crippen LogP contribution is -2.51. The van der Waals surface area contributed by atoms with Gasteiger partial charge in [0.15, 0.2) is 0 Å². The molecule has 1 aliphatic heterocycles. The molecule has 162 valence electrons. The maximum Gasteiger partial charge on any atom is 0.450 e. The smallest absolute Gasteiger partial charge is 0.366 e. The summed E-state index contributed by atoms with van der Waals surface area (Å²) in [6.07, 6.45) is -2.25. The van der Waals surface area contributed by atoms with Gasteiger partial charge in [-0.1, -0.05) is 30.3 Å². The Labute approximate surface area is 177 Å². The summed E-state index contributed by atoms with van der Waals surface area (Å²) in [6.45, 7) is 0.484. The minimum atomic E-state index is -4.88. The maximum atomic E-state index is 13.4. The highest BCUT2D eigenvalue weighted by atomic mass is 19.4. The van der Waals surface area contributed by atoms with Gasteiger partial charge in [-0.2, -0.15) is 13.2 Å². The summed E-state index contributed by atoms with van der Waals surface area (Å²) in [7, 11) is 0. The summed E-state index contributed by atoms with van der Waals surface area (Å²) in [5.41, 5.74) is 7.35. The van der Waals surface area contributed by atoms with Gasteiger partial charge < -0.3 is 10.7 Å². The quantitative estimate of drug-likeness (QED) is 0.673. The second-order valence-electron chi connectivity index (χ2n) is 7.92. The fourth-order valence-electron chi connectivity index (χ4n) is 4.38. The number of rotatable bonds is 5. The minimum Gasteiger partial charge on any atom is -0.366 e. The summed E-state index contributed by atoms with van der Waals surface area (Å²) in [4.78, 5) is 23.7. The Morgan fingerprint density at radius 1 is 1.06 bits per heavy atom. The molecule has 2 N–H and O–H groups in total. The van der Waals surface area contributed by atoms with E-state index in [2.05, 4.69) is 0 Å². The van der Waals surface area contributed by atoms with Crippen LogP contribution in [0.5, 0.6) is 0 Å². The lowest BCUT2D eigenvalue weighted by Gasteiger charge is -2.40. The topological polar surface area (TPSA) is 68.3 Å². The number of carbonyl (C=O) groups excluding carboxylic acids is 2. The van der Waals surface area contributed by atoms with Crippen LogP contribution < -0.4 is 10.7 Å². The molecule has 0 saturated carbocycles. The van der Waals surface area contributed by atoms with Crippen LogP contribution in [0.25, 0.3) is 10.9 Å². The molecule has 0 radical (unpaired) electrons. The molecule has 0 aliphatic carbocycles. The zero-order valence-electron chi connectivity index (χ0n) is 16.7. The average molecular weight is 429 g/mol. The molecule has 31 heavy (non-hydrogen) atoms. The van der Waals surface area contributed by atoms with Crippen LogP contribution in [0.3, 0.4) is 0 Å². The number of amides is 1. The number of ketones is 1. The van der Waals surface area contributed by atoms with Gasteiger partial charge in [-0.3, -0.25) is 14.3 Å². The first kappa shape index (κ1) is 21.0. The number of benzene rings is 2. The number of nitrogens with two attached hydrogens (primary N) is 1. The zero-order chi connectivity index (χ0) is 22.2. The average Bonchev–Trinajstić information content (AvgIpc) is 3.17. The van der Waals surface area contributed by atoms with E-state index in [4.69, 9.17) is 5.73 Å². The molecule has 2 atom stereocenters. The summed E-state index contributed by atoms with van der Waals surface area (Å²) in [6, 6.07) is 16.0. The predicted molar refractivity (Wildman–Crippen MR) is 111 cm³/mol. The molecular formula is C23H22F3N3O2. The molecule has 2 unspecified atom stereocenters. The molecule has 1 fully saturated rings. The number of primary amides is 1. The third kappa shape index (κ3) is 4.28. The van der Waals surface area contributed by atoms with E-state index in [-0.39, 0.29) is 6.54 Å². The fraction of sp³-hybridized carbons (Fsp3) is 0.304. The highest BCUT2D eigenvalue weighted by Crippen LogP contribution is 2.33. The van der Waals surface area contributed by atoms with E-state index >= 15 is 0 Å². The molecule has 1 aromatic heterocycles. The lowest BCUT2D eigenvalue weighted by atomic mass is 9.79. The first-order valence-corrected chi connectivity index (χ1v) is 10.0. The Bertz CT molecular complexity index is 1110. The number of hydrogen-bond acceptors (Lipinski definition) is 3. The van der Waals surface area contributed by atoms with Crippen molar-refractivity contribution in [3.63, 3.8) is 0 Å². The van der Waals surface area contributed by atoms with Crippen molar-refractivity contribution in [2.24, 2.45) is 17.6 Å². The molecule has 2 aromatic carbocycles. The summed E-state index contributed by atoms with van der Waals surface area (Å²) >= 11 is 0. The van der Waals surface area contributed by atoms with E-state index in [1.54, 1.807) is 40.1 Å². The Morgan fingerprint density at radius 2 is 1.81 bits per heavy atom. The third-order valence-corrected chi connectivity index (χ3v) is 5.95. The van der Waals surface area contributed by atoms with Crippen molar-refractivity contribution < 1.29 is 22.8 Å². The van der Waals surface area contributed by atoms with E-state index in [1.165, 1.54) is 0 Å². The van der Waals surface area contributed by atoms with Crippen molar-refractivity contribution in [3.8, 4) is 0 Å². The second-order valence-corrected chi connectivity index (χ2v) is 7.92. The zero-order valence-corrected chi connectivity index (χ0v) is 16.7. The first-order valence-electron chi connectivity index (χ1n) is 10.0. The van der Waals surface area contributed by atoms with Gasteiger partial charge in [0.1, 0.15) is 0 Å². The van der Waals surface area contributed by atoms with Gasteiger partial charge in [0.05, 0.1) is 5.52 Å². The van der Waals surface area contributed by atoms with Crippen molar-refractivity contribution in [3.05, 3.63) is 71.9 Å². The van der Waals surface area contributed by atoms with Crippen molar-refractivity contribution >= 4 is 22.6 Å². The van der Waals surface area contributed by atoms with Crippen LogP contribution in [0.4, 0.5) is 13.2 Å². The van der Waals surface area contributed by atoms with E-state index in [1.807, 2.05) is 30.3 Å². The predicted octanol–water partition coefficient (Wildman–Crippen LogP) is 3.69. The number of piperidine rings is 1. The van der Waals surface area contributed by atoms with E-state index in [0.29, 0.717) is 24.9 Å². The summed E-state index contributed by atoms with van der Waals surface area (Å²) in [5, 5.41) is 2.52. The molecule has 5 nitrogen and oxygen atoms in total. The standard InChI is InChI=1S/C23H22F3N3O2/c24-23(25,26)21(30)19-14-28(10-8-16(19)12-15-4-2-1-3-5-15)29-11-9-17-13-18(22(27)31)6-7-20(17)29/h1-7,9,11,13,16,19H,8,10,12,14H2,(H2,27,31). The number of fused-ring (bicyclic) bond motifs is 1. The van der Waals surface area contributed by atoms with Crippen LogP contribution in [-0.4, -0.2) is 35.6 Å². The van der Waals surface area contributed by atoms with Crippen LogP contribution >= 0.6 is 0 Å². The van der Waals surface area contributed by atoms with Gasteiger partial charge in [-0.25, -0.2) is 0 Å². The van der Waals surface area contributed by atoms with Gasteiger partial charge in [-0.05, 0) is 48.6 Å². The van der Waals surface area contributed by atoms with Gasteiger partial charge in [-0.15, -0.1) is 0 Å². The molecule has 3 aromatic rings. The van der Waals surface area contributed by atoms with Crippen LogP contribution in [0.2, 0.25) is 0 Å². The maximum absolute atomic E-state index is 13.4. The van der Waals surface area contributed by atoms with E-state index in [9.17, 15) is 22.8 Å². The normalized spacial score (nSPS) is 19.5. The number of aromatic nitrogens is 1. The molecule has 4 rings (SSSR count). The molecule has 2 heterocycles. The van der Waals surface area contributed by atoms with Gasteiger partial charge in [0.25, 0.3) is 0 Å². The van der Waals surface area contributed by atoms with E-state index in [0.717, 1.165) is 16.5 Å². The Kier molecular flexibility index (Phi) is 5.47. The largest absolute Gasteiger partial charge is 0.450 e. The van der Waals surface area contributed by atoms with Gasteiger partial charge in [0, 0.05) is 36.2 Å². The van der Waals surface area contributed by atoms with Crippen LogP contribution in [0.15, 0.2) is 60.8 Å². The molecule has 1 aliphatic rings. The monoisotopic (exact) mass is 429 g/mol. The first-order chi connectivity index (χ1) is 14.7. The number of nitrogens with zero attached hydrogens (tertiary/aromatic N) is 2. The highest BCUT2D eigenvalue weighted by Gasteiger charge is 2.48. The van der Waals surface area contributed by atoms with E-state index < -0.39 is 29.7 Å². The highest BCUT2D eigenvalue weighted by molar-refractivity contribution is 5.97. The number of alkyl halides is 3. The van der Waals surface area contributed by atoms with Crippen molar-refractivity contribution in [1.29, 1.82) is 0 Å². The van der Waals surface area contributed by atoms with Gasteiger partial charge in [0.2, 0.25) is 11.7 Å². The number of halogens is 3. The molecule has 8 heteroatoms. The van der Waals surface area contributed by atoms with Crippen molar-refractivity contribution in [2.45, 2.75) is 19.0 Å². The van der Waals surface area contributed by atoms with Crippen molar-refractivity contribution in [2.75, 3.05) is 18.1 Å². The SMILES string of the molecule is NC(=O)c1ccc2c(ccn2N2CCC(Cc3ccccc3)C(C(=O)C(F)(F)F)C2)c1. The Morgan fingerprint density at radius 3 is 2.48 bits per heavy atom. The third-order valence-electron chi connectivity index (χ3n) is 5.95. The Hall–Kier alpha value is -3.29. The van der Waals surface area contributed by atoms with Crippen LogP contribution in [-0.2, 0) is 11.2 Å². The number of hydrogen-bond donors (Lipinski definition) is 1. The van der Waals surface area contributed by atoms with Crippen molar-refractivity contribution in [1.82, 2.24) is 4.68 Å². The Balaban J connectivity index is 1.62. The number of Topliss-reactive ketones (excluding diaryl/α,β-unsaturated/α-hetero) is 1. The van der Waals surface area contributed by atoms with Crippen LogP contribution in [0.1, 0.15) is 22.3 Å². The molecule has 0 spiro atoms. The fourth-order valence-corrected chi connectivity index (χ4v) is 4.38. The number of carbonyl (C=O) groups is 2. The minimum absolute atomic E-state index is 0.0306. The summed E-state index contributed by atoms with van der Waals surface area (Å²) in [5.74, 6) is -3.77. The molecular weight excluding hydrogens is 407 g/mol. The van der Waals surface area contributed by atoms with Gasteiger partial charge >= 0.3 is 6.18 Å². The second kappa shape index (κ2) is 8.09.